The number of aromatic nitrogens is 2. The second-order valence-corrected chi connectivity index (χ2v) is 5.06. The van der Waals surface area contributed by atoms with Crippen molar-refractivity contribution in [1.82, 2.24) is 14.9 Å². The molecule has 0 spiro atoms. The van der Waals surface area contributed by atoms with Gasteiger partial charge in [0.25, 0.3) is 5.56 Å². The molecule has 1 aromatic heterocycles. The van der Waals surface area contributed by atoms with Crippen molar-refractivity contribution >= 4 is 5.82 Å². The van der Waals surface area contributed by atoms with Crippen molar-refractivity contribution in [2.45, 2.75) is 32.7 Å². The Morgan fingerprint density at radius 2 is 2.28 bits per heavy atom. The van der Waals surface area contributed by atoms with Gasteiger partial charge in [0.2, 0.25) is 0 Å². The Balaban J connectivity index is 2.30. The van der Waals surface area contributed by atoms with Gasteiger partial charge in [-0.1, -0.05) is 6.92 Å². The fourth-order valence-corrected chi connectivity index (χ4v) is 2.61. The number of nitrogens with one attached hydrogen (secondary N) is 1. The van der Waals surface area contributed by atoms with E-state index >= 15 is 0 Å². The fraction of sp³-hybridized carbons (Fsp3) is 0.692. The van der Waals surface area contributed by atoms with Crippen LogP contribution in [0.3, 0.4) is 0 Å². The standard InChI is InChI=1S/C13H22N4O/c1-4-11-9-16(3)6-5-7-17(11)12-8-13(18)15-10(2)14-12/h8,11H,4-7,9H2,1-3H3,(H,14,15,18). The van der Waals surface area contributed by atoms with Crippen molar-refractivity contribution in [3.63, 3.8) is 0 Å². The van der Waals surface area contributed by atoms with Crippen LogP contribution in [0.15, 0.2) is 10.9 Å². The Morgan fingerprint density at radius 3 is 2.94 bits per heavy atom. The molecular formula is C13H22N4O. The van der Waals surface area contributed by atoms with Crippen molar-refractivity contribution < 1.29 is 0 Å². The smallest absolute Gasteiger partial charge is 0.252 e. The van der Waals surface area contributed by atoms with Gasteiger partial charge in [0, 0.05) is 25.2 Å². The van der Waals surface area contributed by atoms with Gasteiger partial charge in [0.05, 0.1) is 0 Å². The average Bonchev–Trinajstić information content (AvgIpc) is 2.49. The molecular weight excluding hydrogens is 228 g/mol. The molecule has 100 valence electrons. The summed E-state index contributed by atoms with van der Waals surface area (Å²) in [6.45, 7) is 7.13. The van der Waals surface area contributed by atoms with E-state index in [1.54, 1.807) is 6.07 Å². The SMILES string of the molecule is CCC1CN(C)CCCN1c1cc(=O)[nH]c(C)n1. The minimum atomic E-state index is -0.0649. The summed E-state index contributed by atoms with van der Waals surface area (Å²) in [7, 11) is 2.16. The second kappa shape index (κ2) is 5.52. The van der Waals surface area contributed by atoms with Crippen LogP contribution in [-0.4, -0.2) is 47.6 Å². The molecule has 0 amide bonds. The number of aryl methyl sites for hydroxylation is 1. The molecule has 1 saturated heterocycles. The largest absolute Gasteiger partial charge is 0.352 e. The van der Waals surface area contributed by atoms with Gasteiger partial charge in [-0.25, -0.2) is 4.98 Å². The number of likely N-dealkylation sites (N-methyl/N-ethyl adjacent to an activating group) is 1. The fourth-order valence-electron chi connectivity index (χ4n) is 2.61. The third-order valence-corrected chi connectivity index (χ3v) is 3.51. The highest BCUT2D eigenvalue weighted by Crippen LogP contribution is 2.18. The summed E-state index contributed by atoms with van der Waals surface area (Å²) in [5.74, 6) is 1.50. The molecule has 5 heteroatoms. The molecule has 0 radical (unpaired) electrons. The minimum absolute atomic E-state index is 0.0649. The van der Waals surface area contributed by atoms with Gasteiger partial charge in [-0.3, -0.25) is 4.79 Å². The van der Waals surface area contributed by atoms with Gasteiger partial charge < -0.3 is 14.8 Å². The van der Waals surface area contributed by atoms with E-state index in [1.807, 2.05) is 6.92 Å². The Morgan fingerprint density at radius 1 is 1.50 bits per heavy atom. The van der Waals surface area contributed by atoms with Gasteiger partial charge in [0.15, 0.2) is 0 Å². The molecule has 1 atom stereocenters. The molecule has 18 heavy (non-hydrogen) atoms. The van der Waals surface area contributed by atoms with Crippen molar-refractivity contribution in [3.05, 3.63) is 22.2 Å². The summed E-state index contributed by atoms with van der Waals surface area (Å²) in [5.41, 5.74) is -0.0649. The van der Waals surface area contributed by atoms with E-state index in [0.29, 0.717) is 11.9 Å². The van der Waals surface area contributed by atoms with Gasteiger partial charge in [-0.05, 0) is 33.4 Å². The number of hydrogen-bond donors (Lipinski definition) is 1. The van der Waals surface area contributed by atoms with E-state index in [-0.39, 0.29) is 5.56 Å². The zero-order valence-electron chi connectivity index (χ0n) is 11.4. The quantitative estimate of drug-likeness (QED) is 0.851. The van der Waals surface area contributed by atoms with Crippen LogP contribution in [0.2, 0.25) is 0 Å². The molecule has 0 aromatic carbocycles. The van der Waals surface area contributed by atoms with Crippen LogP contribution in [0, 0.1) is 6.92 Å². The van der Waals surface area contributed by atoms with E-state index in [1.165, 1.54) is 0 Å². The molecule has 5 nitrogen and oxygen atoms in total. The number of H-pyrrole nitrogens is 1. The maximum atomic E-state index is 11.6. The van der Waals surface area contributed by atoms with Crippen LogP contribution in [0.25, 0.3) is 0 Å². The first-order valence-electron chi connectivity index (χ1n) is 6.63. The molecule has 1 aliphatic rings. The average molecular weight is 250 g/mol. The van der Waals surface area contributed by atoms with E-state index < -0.39 is 0 Å². The lowest BCUT2D eigenvalue weighted by Crippen LogP contribution is -2.40. The molecule has 0 bridgehead atoms. The van der Waals surface area contributed by atoms with Gasteiger partial charge >= 0.3 is 0 Å². The molecule has 2 heterocycles. The molecule has 0 saturated carbocycles. The van der Waals surface area contributed by atoms with Crippen LogP contribution in [0.4, 0.5) is 5.82 Å². The molecule has 1 N–H and O–H groups in total. The summed E-state index contributed by atoms with van der Waals surface area (Å²) < 4.78 is 0. The predicted molar refractivity (Wildman–Crippen MR) is 73.1 cm³/mol. The van der Waals surface area contributed by atoms with Crippen molar-refractivity contribution in [1.29, 1.82) is 0 Å². The highest BCUT2D eigenvalue weighted by Gasteiger charge is 2.23. The van der Waals surface area contributed by atoms with Crippen LogP contribution < -0.4 is 10.5 Å². The summed E-state index contributed by atoms with van der Waals surface area (Å²) in [4.78, 5) is 23.4. The number of aromatic amines is 1. The lowest BCUT2D eigenvalue weighted by Gasteiger charge is -2.31. The van der Waals surface area contributed by atoms with Crippen molar-refractivity contribution in [3.8, 4) is 0 Å². The molecule has 1 fully saturated rings. The first kappa shape index (κ1) is 13.1. The van der Waals surface area contributed by atoms with Gasteiger partial charge in [-0.2, -0.15) is 0 Å². The first-order valence-corrected chi connectivity index (χ1v) is 6.63. The number of rotatable bonds is 2. The van der Waals surface area contributed by atoms with Gasteiger partial charge in [0.1, 0.15) is 11.6 Å². The van der Waals surface area contributed by atoms with Crippen molar-refractivity contribution in [2.75, 3.05) is 31.6 Å². The minimum Gasteiger partial charge on any atom is -0.352 e. The van der Waals surface area contributed by atoms with Crippen LogP contribution in [0.5, 0.6) is 0 Å². The molecule has 1 aliphatic heterocycles. The normalized spacial score (nSPS) is 21.9. The van der Waals surface area contributed by atoms with E-state index in [9.17, 15) is 4.79 Å². The highest BCUT2D eigenvalue weighted by atomic mass is 16.1. The molecule has 0 aliphatic carbocycles. The van der Waals surface area contributed by atoms with Crippen LogP contribution in [-0.2, 0) is 0 Å². The zero-order chi connectivity index (χ0) is 13.1. The summed E-state index contributed by atoms with van der Waals surface area (Å²) in [6.07, 6.45) is 2.18. The maximum Gasteiger partial charge on any atom is 0.252 e. The maximum absolute atomic E-state index is 11.6. The lowest BCUT2D eigenvalue weighted by molar-refractivity contribution is 0.327. The third kappa shape index (κ3) is 2.90. The molecule has 1 unspecified atom stereocenters. The second-order valence-electron chi connectivity index (χ2n) is 5.06. The van der Waals surface area contributed by atoms with Crippen molar-refractivity contribution in [2.24, 2.45) is 0 Å². The summed E-state index contributed by atoms with van der Waals surface area (Å²) >= 11 is 0. The third-order valence-electron chi connectivity index (χ3n) is 3.51. The Hall–Kier alpha value is -1.36. The van der Waals surface area contributed by atoms with E-state index in [4.69, 9.17) is 0 Å². The molecule has 1 aromatic rings. The number of nitrogens with zero attached hydrogens (tertiary/aromatic N) is 3. The predicted octanol–water partition coefficient (Wildman–Crippen LogP) is 0.999. The number of hydrogen-bond acceptors (Lipinski definition) is 4. The Kier molecular flexibility index (Phi) is 4.01. The number of anilines is 1. The lowest BCUT2D eigenvalue weighted by atomic mass is 10.2. The highest BCUT2D eigenvalue weighted by molar-refractivity contribution is 5.39. The Bertz CT molecular complexity index is 457. The summed E-state index contributed by atoms with van der Waals surface area (Å²) in [6, 6.07) is 2.05. The zero-order valence-corrected chi connectivity index (χ0v) is 11.4. The first-order chi connectivity index (χ1) is 8.60. The van der Waals surface area contributed by atoms with Crippen LogP contribution >= 0.6 is 0 Å². The van der Waals surface area contributed by atoms with E-state index in [0.717, 1.165) is 38.3 Å². The summed E-state index contributed by atoms with van der Waals surface area (Å²) in [5, 5.41) is 0. The molecule has 2 rings (SSSR count). The van der Waals surface area contributed by atoms with E-state index in [2.05, 4.69) is 33.7 Å². The van der Waals surface area contributed by atoms with Crippen LogP contribution in [0.1, 0.15) is 25.6 Å². The topological polar surface area (TPSA) is 52.2 Å². The van der Waals surface area contributed by atoms with Gasteiger partial charge in [-0.15, -0.1) is 0 Å². The Labute approximate surface area is 108 Å². The monoisotopic (exact) mass is 250 g/mol.